The zero-order chi connectivity index (χ0) is 12.3. The second kappa shape index (κ2) is 4.70. The zero-order valence-electron chi connectivity index (χ0n) is 10.1. The first-order valence-corrected chi connectivity index (χ1v) is 6.16. The van der Waals surface area contributed by atoms with E-state index in [1.165, 1.54) is 0 Å². The Labute approximate surface area is 101 Å². The number of nitrogens with zero attached hydrogens (tertiary/aromatic N) is 3. The third kappa shape index (κ3) is 2.23. The van der Waals surface area contributed by atoms with Gasteiger partial charge in [0.1, 0.15) is 5.41 Å². The van der Waals surface area contributed by atoms with E-state index in [1.807, 2.05) is 17.8 Å². The maximum atomic E-state index is 12.0. The third-order valence-electron chi connectivity index (χ3n) is 3.52. The van der Waals surface area contributed by atoms with E-state index < -0.39 is 5.41 Å². The van der Waals surface area contributed by atoms with Crippen LogP contribution in [-0.4, -0.2) is 15.6 Å². The average molecular weight is 231 g/mol. The summed E-state index contributed by atoms with van der Waals surface area (Å²) in [5, 5.41) is 13.5. The molecule has 2 rings (SSSR count). The highest BCUT2D eigenvalue weighted by Gasteiger charge is 2.40. The van der Waals surface area contributed by atoms with Gasteiger partial charge in [-0.1, -0.05) is 6.42 Å². The van der Waals surface area contributed by atoms with Gasteiger partial charge < -0.3 is 0 Å². The van der Waals surface area contributed by atoms with Crippen LogP contribution < -0.4 is 0 Å². The van der Waals surface area contributed by atoms with Crippen molar-refractivity contribution in [2.24, 2.45) is 5.41 Å². The molecule has 0 amide bonds. The fourth-order valence-corrected chi connectivity index (χ4v) is 2.45. The first-order valence-electron chi connectivity index (χ1n) is 6.16. The quantitative estimate of drug-likeness (QED) is 0.800. The van der Waals surface area contributed by atoms with Crippen LogP contribution in [0.25, 0.3) is 0 Å². The average Bonchev–Trinajstić information content (AvgIpc) is 2.80. The van der Waals surface area contributed by atoms with Crippen LogP contribution >= 0.6 is 0 Å². The largest absolute Gasteiger partial charge is 0.298 e. The Morgan fingerprint density at radius 1 is 1.59 bits per heavy atom. The fraction of sp³-hybridized carbons (Fsp3) is 0.615. The van der Waals surface area contributed by atoms with Crippen molar-refractivity contribution >= 4 is 5.78 Å². The number of carbonyl (C=O) groups excluding carboxylic acids is 1. The summed E-state index contributed by atoms with van der Waals surface area (Å²) in [4.78, 5) is 12.0. The molecule has 0 aromatic carbocycles. The fourth-order valence-electron chi connectivity index (χ4n) is 2.45. The molecule has 90 valence electrons. The number of Topliss-reactive ketones (excluding diaryl/α,β-unsaturated/α-hetero) is 1. The first kappa shape index (κ1) is 11.8. The van der Waals surface area contributed by atoms with Gasteiger partial charge in [0.2, 0.25) is 0 Å². The molecule has 4 nitrogen and oxygen atoms in total. The molecule has 1 aliphatic rings. The van der Waals surface area contributed by atoms with Crippen molar-refractivity contribution in [3.05, 3.63) is 18.0 Å². The molecule has 0 N–H and O–H groups in total. The second-order valence-electron chi connectivity index (χ2n) is 4.71. The number of aryl methyl sites for hydroxylation is 1. The highest BCUT2D eigenvalue weighted by molar-refractivity contribution is 5.88. The minimum absolute atomic E-state index is 0.107. The number of rotatable bonds is 3. The topological polar surface area (TPSA) is 58.7 Å². The SMILES string of the molecule is CCn1cc(CC2(C#N)CCCCC2=O)cn1. The zero-order valence-corrected chi connectivity index (χ0v) is 10.1. The third-order valence-corrected chi connectivity index (χ3v) is 3.52. The van der Waals surface area contributed by atoms with E-state index in [0.29, 0.717) is 19.3 Å². The van der Waals surface area contributed by atoms with Gasteiger partial charge in [-0.2, -0.15) is 10.4 Å². The predicted octanol–water partition coefficient (Wildman–Crippen LogP) is 2.10. The Bertz CT molecular complexity index is 457. The van der Waals surface area contributed by atoms with E-state index in [4.69, 9.17) is 0 Å². The van der Waals surface area contributed by atoms with Crippen molar-refractivity contribution in [3.63, 3.8) is 0 Å². The standard InChI is InChI=1S/C13H17N3O/c1-2-16-9-11(8-15-16)7-13(10-14)6-4-3-5-12(13)17/h8-9H,2-7H2,1H3. The molecule has 0 bridgehead atoms. The van der Waals surface area contributed by atoms with E-state index in [-0.39, 0.29) is 5.78 Å². The van der Waals surface area contributed by atoms with Gasteiger partial charge in [0.15, 0.2) is 5.78 Å². The van der Waals surface area contributed by atoms with Crippen LogP contribution in [0.4, 0.5) is 0 Å². The van der Waals surface area contributed by atoms with E-state index in [1.54, 1.807) is 6.20 Å². The summed E-state index contributed by atoms with van der Waals surface area (Å²) in [5.41, 5.74) is 0.198. The summed E-state index contributed by atoms with van der Waals surface area (Å²) in [7, 11) is 0. The van der Waals surface area contributed by atoms with Crippen LogP contribution in [0, 0.1) is 16.7 Å². The lowest BCUT2D eigenvalue weighted by Crippen LogP contribution is -2.34. The number of nitriles is 1. The van der Waals surface area contributed by atoms with Gasteiger partial charge >= 0.3 is 0 Å². The first-order chi connectivity index (χ1) is 8.20. The van der Waals surface area contributed by atoms with Crippen molar-refractivity contribution < 1.29 is 4.79 Å². The highest BCUT2D eigenvalue weighted by atomic mass is 16.1. The van der Waals surface area contributed by atoms with Crippen molar-refractivity contribution in [1.82, 2.24) is 9.78 Å². The molecule has 0 spiro atoms. The van der Waals surface area contributed by atoms with Crippen LogP contribution in [0.1, 0.15) is 38.2 Å². The predicted molar refractivity (Wildman–Crippen MR) is 63.1 cm³/mol. The van der Waals surface area contributed by atoms with E-state index >= 15 is 0 Å². The van der Waals surface area contributed by atoms with Crippen LogP contribution in [0.3, 0.4) is 0 Å². The van der Waals surface area contributed by atoms with Crippen LogP contribution in [0.2, 0.25) is 0 Å². The van der Waals surface area contributed by atoms with E-state index in [2.05, 4.69) is 11.2 Å². The maximum absolute atomic E-state index is 12.0. The molecular formula is C13H17N3O. The van der Waals surface area contributed by atoms with Gasteiger partial charge in [0.05, 0.1) is 12.3 Å². The molecule has 0 saturated heterocycles. The Kier molecular flexibility index (Phi) is 3.28. The van der Waals surface area contributed by atoms with Gasteiger partial charge in [0, 0.05) is 25.6 Å². The van der Waals surface area contributed by atoms with Crippen molar-refractivity contribution in [3.8, 4) is 6.07 Å². The molecule has 0 aliphatic heterocycles. The Hall–Kier alpha value is -1.63. The van der Waals surface area contributed by atoms with E-state index in [0.717, 1.165) is 24.9 Å². The summed E-state index contributed by atoms with van der Waals surface area (Å²) in [5.74, 6) is 0.107. The molecule has 1 unspecified atom stereocenters. The maximum Gasteiger partial charge on any atom is 0.153 e. The smallest absolute Gasteiger partial charge is 0.153 e. The molecule has 1 atom stereocenters. The molecular weight excluding hydrogens is 214 g/mol. The van der Waals surface area contributed by atoms with Gasteiger partial charge in [0.25, 0.3) is 0 Å². The summed E-state index contributed by atoms with van der Waals surface area (Å²) in [6.45, 7) is 2.83. The van der Waals surface area contributed by atoms with Gasteiger partial charge in [-0.3, -0.25) is 9.48 Å². The Morgan fingerprint density at radius 3 is 3.00 bits per heavy atom. The summed E-state index contributed by atoms with van der Waals surface area (Å²) < 4.78 is 1.83. The number of hydrogen-bond donors (Lipinski definition) is 0. The molecule has 1 saturated carbocycles. The lowest BCUT2D eigenvalue weighted by Gasteiger charge is -2.28. The van der Waals surface area contributed by atoms with Crippen LogP contribution in [-0.2, 0) is 17.8 Å². The molecule has 1 heterocycles. The van der Waals surface area contributed by atoms with Crippen molar-refractivity contribution in [2.75, 3.05) is 0 Å². The summed E-state index contributed by atoms with van der Waals surface area (Å²) in [6, 6.07) is 2.26. The molecule has 1 aliphatic carbocycles. The molecule has 1 fully saturated rings. The Balaban J connectivity index is 2.19. The van der Waals surface area contributed by atoms with Crippen molar-refractivity contribution in [2.45, 2.75) is 45.6 Å². The number of hydrogen-bond acceptors (Lipinski definition) is 3. The van der Waals surface area contributed by atoms with Crippen molar-refractivity contribution in [1.29, 1.82) is 5.26 Å². The van der Waals surface area contributed by atoms with E-state index in [9.17, 15) is 10.1 Å². The molecule has 1 aromatic heterocycles. The lowest BCUT2D eigenvalue weighted by molar-refractivity contribution is -0.128. The lowest BCUT2D eigenvalue weighted by atomic mass is 9.71. The Morgan fingerprint density at radius 2 is 2.41 bits per heavy atom. The number of carbonyl (C=O) groups is 1. The van der Waals surface area contributed by atoms with Gasteiger partial charge in [-0.05, 0) is 25.3 Å². The monoisotopic (exact) mass is 231 g/mol. The minimum atomic E-state index is -0.792. The van der Waals surface area contributed by atoms with Crippen LogP contribution in [0.15, 0.2) is 12.4 Å². The number of ketones is 1. The molecule has 1 aromatic rings. The highest BCUT2D eigenvalue weighted by Crippen LogP contribution is 2.35. The van der Waals surface area contributed by atoms with Gasteiger partial charge in [-0.15, -0.1) is 0 Å². The second-order valence-corrected chi connectivity index (χ2v) is 4.71. The van der Waals surface area contributed by atoms with Crippen LogP contribution in [0.5, 0.6) is 0 Å². The summed E-state index contributed by atoms with van der Waals surface area (Å²) in [6.07, 6.45) is 7.36. The molecule has 4 heteroatoms. The van der Waals surface area contributed by atoms with Gasteiger partial charge in [-0.25, -0.2) is 0 Å². The minimum Gasteiger partial charge on any atom is -0.298 e. The number of aromatic nitrogens is 2. The normalized spacial score (nSPS) is 24.6. The molecule has 0 radical (unpaired) electrons. The summed E-state index contributed by atoms with van der Waals surface area (Å²) >= 11 is 0. The molecule has 17 heavy (non-hydrogen) atoms.